The van der Waals surface area contributed by atoms with Gasteiger partial charge in [0, 0.05) is 11.6 Å². The molecule has 0 amide bonds. The van der Waals surface area contributed by atoms with E-state index >= 15 is 0 Å². The van der Waals surface area contributed by atoms with E-state index in [9.17, 15) is 0 Å². The molecule has 0 atom stereocenters. The predicted molar refractivity (Wildman–Crippen MR) is 79.3 cm³/mol. The number of hydrogen-bond donors (Lipinski definition) is 1. The highest BCUT2D eigenvalue weighted by Crippen LogP contribution is 2.35. The number of nitrogens with two attached hydrogens (primary N) is 1. The van der Waals surface area contributed by atoms with Crippen molar-refractivity contribution in [3.63, 3.8) is 0 Å². The van der Waals surface area contributed by atoms with E-state index in [1.54, 1.807) is 0 Å². The second-order valence-corrected chi connectivity index (χ2v) is 4.51. The molecule has 3 rings (SSSR count). The maximum Gasteiger partial charge on any atom is 0.231 e. The molecule has 1 aliphatic rings. The summed E-state index contributed by atoms with van der Waals surface area (Å²) >= 11 is 0. The first-order valence-corrected chi connectivity index (χ1v) is 6.65. The zero-order valence-electron chi connectivity index (χ0n) is 11.5. The van der Waals surface area contributed by atoms with Gasteiger partial charge in [-0.2, -0.15) is 0 Å². The summed E-state index contributed by atoms with van der Waals surface area (Å²) in [5.41, 5.74) is 7.36. The van der Waals surface area contributed by atoms with Crippen molar-refractivity contribution < 1.29 is 14.2 Å². The first-order valence-electron chi connectivity index (χ1n) is 6.65. The van der Waals surface area contributed by atoms with Crippen molar-refractivity contribution in [3.05, 3.63) is 53.6 Å². The van der Waals surface area contributed by atoms with Crippen molar-refractivity contribution in [2.45, 2.75) is 6.61 Å². The van der Waals surface area contributed by atoms with Crippen molar-refractivity contribution in [2.75, 3.05) is 13.3 Å². The normalized spacial score (nSPS) is 11.7. The smallest absolute Gasteiger partial charge is 0.231 e. The Morgan fingerprint density at radius 1 is 1.10 bits per heavy atom. The molecule has 2 N–H and O–H groups in total. The lowest BCUT2D eigenvalue weighted by Gasteiger charge is -2.07. The van der Waals surface area contributed by atoms with Crippen LogP contribution in [0.3, 0.4) is 0 Å². The molecule has 1 aliphatic heterocycles. The number of ether oxygens (including phenoxy) is 3. The lowest BCUT2D eigenvalue weighted by molar-refractivity contribution is 0.173. The Bertz CT molecular complexity index is 701. The second kappa shape index (κ2) is 6.21. The van der Waals surface area contributed by atoms with Crippen LogP contribution in [0.15, 0.2) is 42.5 Å². The van der Waals surface area contributed by atoms with Crippen LogP contribution >= 0.6 is 0 Å². The van der Waals surface area contributed by atoms with Crippen molar-refractivity contribution >= 4 is 0 Å². The van der Waals surface area contributed by atoms with Crippen molar-refractivity contribution in [1.82, 2.24) is 0 Å². The first kappa shape index (κ1) is 13.3. The van der Waals surface area contributed by atoms with Crippen molar-refractivity contribution in [3.8, 4) is 29.1 Å². The predicted octanol–water partition coefficient (Wildman–Crippen LogP) is 2.30. The molecule has 0 saturated carbocycles. The third kappa shape index (κ3) is 3.28. The van der Waals surface area contributed by atoms with Crippen LogP contribution in [0, 0.1) is 11.8 Å². The van der Waals surface area contributed by atoms with Gasteiger partial charge in [-0.15, -0.1) is 0 Å². The summed E-state index contributed by atoms with van der Waals surface area (Å²) in [7, 11) is 0. The fraction of sp³-hybridized carbons (Fsp3) is 0.176. The van der Waals surface area contributed by atoms with E-state index < -0.39 is 0 Å². The van der Waals surface area contributed by atoms with Crippen LogP contribution in [0.4, 0.5) is 0 Å². The Labute approximate surface area is 123 Å². The average molecular weight is 281 g/mol. The van der Waals surface area contributed by atoms with Gasteiger partial charge in [0.2, 0.25) is 6.79 Å². The van der Waals surface area contributed by atoms with E-state index in [1.807, 2.05) is 42.5 Å². The first-order chi connectivity index (χ1) is 10.3. The molecule has 4 nitrogen and oxygen atoms in total. The molecule has 0 aromatic heterocycles. The van der Waals surface area contributed by atoms with Gasteiger partial charge in [0.25, 0.3) is 0 Å². The molecule has 2 aromatic rings. The molecule has 0 fully saturated rings. The van der Waals surface area contributed by atoms with Crippen LogP contribution in [0.25, 0.3) is 0 Å². The minimum atomic E-state index is 0.265. The molecule has 21 heavy (non-hydrogen) atoms. The zero-order valence-corrected chi connectivity index (χ0v) is 11.5. The lowest BCUT2D eigenvalue weighted by atomic mass is 10.1. The van der Waals surface area contributed by atoms with Crippen molar-refractivity contribution in [1.29, 1.82) is 0 Å². The number of hydrogen-bond acceptors (Lipinski definition) is 4. The number of benzene rings is 2. The Hall–Kier alpha value is -2.64. The largest absolute Gasteiger partial charge is 0.489 e. The maximum atomic E-state index is 5.77. The van der Waals surface area contributed by atoms with Gasteiger partial charge in [0.05, 0.1) is 6.54 Å². The highest BCUT2D eigenvalue weighted by molar-refractivity contribution is 5.47. The van der Waals surface area contributed by atoms with Gasteiger partial charge >= 0.3 is 0 Å². The third-order valence-electron chi connectivity index (χ3n) is 3.01. The SMILES string of the molecule is NCC#Cc1cccc(COc2ccc3c(c2)OCO3)c1. The van der Waals surface area contributed by atoms with E-state index in [0.29, 0.717) is 13.2 Å². The minimum absolute atomic E-state index is 0.265. The Balaban J connectivity index is 1.67. The van der Waals surface area contributed by atoms with E-state index in [2.05, 4.69) is 11.8 Å². The summed E-state index contributed by atoms with van der Waals surface area (Å²) < 4.78 is 16.4. The molecule has 0 saturated heterocycles. The Morgan fingerprint density at radius 3 is 2.90 bits per heavy atom. The van der Waals surface area contributed by atoms with Crippen LogP contribution in [0.5, 0.6) is 17.2 Å². The zero-order chi connectivity index (χ0) is 14.5. The van der Waals surface area contributed by atoms with Crippen LogP contribution < -0.4 is 19.9 Å². The topological polar surface area (TPSA) is 53.7 Å². The van der Waals surface area contributed by atoms with E-state index in [4.69, 9.17) is 19.9 Å². The quantitative estimate of drug-likeness (QED) is 0.877. The van der Waals surface area contributed by atoms with Gasteiger partial charge < -0.3 is 19.9 Å². The molecule has 0 radical (unpaired) electrons. The van der Waals surface area contributed by atoms with E-state index in [0.717, 1.165) is 28.4 Å². The summed E-state index contributed by atoms with van der Waals surface area (Å²) in [4.78, 5) is 0. The summed E-state index contributed by atoms with van der Waals surface area (Å²) in [6.45, 7) is 1.09. The average Bonchev–Trinajstić information content (AvgIpc) is 2.99. The maximum absolute atomic E-state index is 5.77. The Kier molecular flexibility index (Phi) is 3.95. The Morgan fingerprint density at radius 2 is 2.00 bits per heavy atom. The molecule has 0 unspecified atom stereocenters. The van der Waals surface area contributed by atoms with Gasteiger partial charge in [-0.05, 0) is 29.8 Å². The molecule has 0 aliphatic carbocycles. The molecular weight excluding hydrogens is 266 g/mol. The monoisotopic (exact) mass is 281 g/mol. The molecule has 0 bridgehead atoms. The van der Waals surface area contributed by atoms with Gasteiger partial charge in [-0.3, -0.25) is 0 Å². The van der Waals surface area contributed by atoms with Crippen LogP contribution in [0.1, 0.15) is 11.1 Å². The molecule has 0 spiro atoms. The summed E-state index contributed by atoms with van der Waals surface area (Å²) in [6, 6.07) is 13.5. The molecule has 4 heteroatoms. The minimum Gasteiger partial charge on any atom is -0.489 e. The van der Waals surface area contributed by atoms with Gasteiger partial charge in [0.15, 0.2) is 11.5 Å². The van der Waals surface area contributed by atoms with Gasteiger partial charge in [-0.1, -0.05) is 24.0 Å². The highest BCUT2D eigenvalue weighted by atomic mass is 16.7. The standard InChI is InChI=1S/C17H15NO3/c18-8-2-5-13-3-1-4-14(9-13)11-19-15-6-7-16-17(10-15)21-12-20-16/h1,3-4,6-7,9-10H,8,11-12,18H2. The van der Waals surface area contributed by atoms with Crippen LogP contribution in [-0.4, -0.2) is 13.3 Å². The number of fused-ring (bicyclic) bond motifs is 1. The fourth-order valence-corrected chi connectivity index (χ4v) is 2.03. The van der Waals surface area contributed by atoms with Crippen molar-refractivity contribution in [2.24, 2.45) is 5.73 Å². The number of rotatable bonds is 3. The molecule has 1 heterocycles. The molecule has 106 valence electrons. The molecule has 2 aromatic carbocycles. The van der Waals surface area contributed by atoms with Gasteiger partial charge in [0.1, 0.15) is 12.4 Å². The van der Waals surface area contributed by atoms with E-state index in [1.165, 1.54) is 0 Å². The lowest BCUT2D eigenvalue weighted by Crippen LogP contribution is -1.96. The fourth-order valence-electron chi connectivity index (χ4n) is 2.03. The third-order valence-corrected chi connectivity index (χ3v) is 3.01. The van der Waals surface area contributed by atoms with Crippen LogP contribution in [-0.2, 0) is 6.61 Å². The molecular formula is C17H15NO3. The van der Waals surface area contributed by atoms with E-state index in [-0.39, 0.29) is 6.79 Å². The second-order valence-electron chi connectivity index (χ2n) is 4.51. The van der Waals surface area contributed by atoms with Gasteiger partial charge in [-0.25, -0.2) is 0 Å². The summed E-state index contributed by atoms with van der Waals surface area (Å²) in [5.74, 6) is 8.07. The highest BCUT2D eigenvalue weighted by Gasteiger charge is 2.13. The summed E-state index contributed by atoms with van der Waals surface area (Å²) in [6.07, 6.45) is 0. The van der Waals surface area contributed by atoms with Crippen LogP contribution in [0.2, 0.25) is 0 Å². The summed E-state index contributed by atoms with van der Waals surface area (Å²) in [5, 5.41) is 0.